The van der Waals surface area contributed by atoms with Gasteiger partial charge in [-0.1, -0.05) is 18.5 Å². The Kier molecular flexibility index (Phi) is 6.15. The predicted octanol–water partition coefficient (Wildman–Crippen LogP) is 4.19. The van der Waals surface area contributed by atoms with E-state index in [2.05, 4.69) is 28.2 Å². The summed E-state index contributed by atoms with van der Waals surface area (Å²) in [5.74, 6) is 1.32. The van der Waals surface area contributed by atoms with E-state index in [1.165, 1.54) is 0 Å². The molecule has 2 atom stereocenters. The molecule has 0 saturated carbocycles. The van der Waals surface area contributed by atoms with Gasteiger partial charge >= 0.3 is 0 Å². The molecular formula is C15H21BrClNO2. The number of benzene rings is 1. The van der Waals surface area contributed by atoms with Gasteiger partial charge in [0.2, 0.25) is 0 Å². The third-order valence-electron chi connectivity index (χ3n) is 3.63. The van der Waals surface area contributed by atoms with E-state index in [1.54, 1.807) is 7.11 Å². The quantitative estimate of drug-likeness (QED) is 0.823. The molecule has 1 aliphatic rings. The molecule has 1 heterocycles. The molecule has 5 heteroatoms. The summed E-state index contributed by atoms with van der Waals surface area (Å²) in [5.41, 5.74) is 1.11. The Morgan fingerprint density at radius 2 is 2.35 bits per heavy atom. The molecule has 1 fully saturated rings. The van der Waals surface area contributed by atoms with E-state index in [-0.39, 0.29) is 6.04 Å². The molecule has 0 bridgehead atoms. The Morgan fingerprint density at radius 3 is 2.95 bits per heavy atom. The molecule has 1 N–H and O–H groups in total. The Balaban J connectivity index is 2.35. The van der Waals surface area contributed by atoms with Crippen molar-refractivity contribution in [3.63, 3.8) is 0 Å². The molecule has 3 nitrogen and oxygen atoms in total. The van der Waals surface area contributed by atoms with Crippen LogP contribution in [0.3, 0.4) is 0 Å². The summed E-state index contributed by atoms with van der Waals surface area (Å²) < 4.78 is 12.0. The zero-order valence-electron chi connectivity index (χ0n) is 11.9. The maximum absolute atomic E-state index is 6.22. The lowest BCUT2D eigenvalue weighted by Gasteiger charge is -2.26. The normalized spacial score (nSPS) is 20.1. The van der Waals surface area contributed by atoms with Gasteiger partial charge in [-0.15, -0.1) is 0 Å². The second kappa shape index (κ2) is 7.64. The van der Waals surface area contributed by atoms with Crippen LogP contribution in [0.1, 0.15) is 31.4 Å². The topological polar surface area (TPSA) is 30.5 Å². The van der Waals surface area contributed by atoms with Crippen LogP contribution in [-0.4, -0.2) is 26.9 Å². The molecule has 112 valence electrons. The van der Waals surface area contributed by atoms with E-state index >= 15 is 0 Å². The van der Waals surface area contributed by atoms with Crippen LogP contribution in [0.25, 0.3) is 0 Å². The molecule has 1 saturated heterocycles. The maximum Gasteiger partial charge on any atom is 0.137 e. The number of methoxy groups -OCH3 is 1. The summed E-state index contributed by atoms with van der Waals surface area (Å²) in [5, 5.41) is 4.33. The largest absolute Gasteiger partial charge is 0.495 e. The van der Waals surface area contributed by atoms with Gasteiger partial charge in [0.25, 0.3) is 0 Å². The van der Waals surface area contributed by atoms with Crippen LogP contribution in [0, 0.1) is 5.92 Å². The monoisotopic (exact) mass is 361 g/mol. The second-order valence-electron chi connectivity index (χ2n) is 5.07. The minimum Gasteiger partial charge on any atom is -0.495 e. The smallest absolute Gasteiger partial charge is 0.137 e. The summed E-state index contributed by atoms with van der Waals surface area (Å²) >= 11 is 9.75. The Hall–Kier alpha value is -0.290. The van der Waals surface area contributed by atoms with E-state index in [9.17, 15) is 0 Å². The van der Waals surface area contributed by atoms with Gasteiger partial charge in [0.15, 0.2) is 0 Å². The SMILES string of the molecule is CCCNC(c1cc(Cl)cc(Br)c1OC)C1CCOC1. The highest BCUT2D eigenvalue weighted by molar-refractivity contribution is 9.10. The molecule has 0 aromatic heterocycles. The molecule has 20 heavy (non-hydrogen) atoms. The number of rotatable bonds is 6. The molecule has 0 radical (unpaired) electrons. The van der Waals surface area contributed by atoms with E-state index in [1.807, 2.05) is 12.1 Å². The van der Waals surface area contributed by atoms with Crippen molar-refractivity contribution in [1.29, 1.82) is 0 Å². The van der Waals surface area contributed by atoms with E-state index < -0.39 is 0 Å². The summed E-state index contributed by atoms with van der Waals surface area (Å²) in [7, 11) is 1.69. The van der Waals surface area contributed by atoms with Gasteiger partial charge in [-0.3, -0.25) is 0 Å². The van der Waals surface area contributed by atoms with Gasteiger partial charge in [-0.25, -0.2) is 0 Å². The zero-order valence-corrected chi connectivity index (χ0v) is 14.3. The van der Waals surface area contributed by atoms with Crippen molar-refractivity contribution in [2.45, 2.75) is 25.8 Å². The molecular weight excluding hydrogens is 342 g/mol. The molecule has 0 aliphatic carbocycles. The van der Waals surface area contributed by atoms with Crippen LogP contribution < -0.4 is 10.1 Å². The first kappa shape index (κ1) is 16.1. The van der Waals surface area contributed by atoms with Crippen molar-refractivity contribution in [2.75, 3.05) is 26.9 Å². The first-order valence-electron chi connectivity index (χ1n) is 7.01. The standard InChI is InChI=1S/C15H21BrClNO2/c1-3-5-18-14(10-4-6-20-9-10)12-7-11(17)8-13(16)15(12)19-2/h7-8,10,14,18H,3-6,9H2,1-2H3. The van der Waals surface area contributed by atoms with Crippen molar-refractivity contribution in [3.8, 4) is 5.75 Å². The van der Waals surface area contributed by atoms with Crippen LogP contribution in [0.15, 0.2) is 16.6 Å². The van der Waals surface area contributed by atoms with Gasteiger partial charge < -0.3 is 14.8 Å². The van der Waals surface area contributed by atoms with Crippen molar-refractivity contribution in [3.05, 3.63) is 27.2 Å². The fraction of sp³-hybridized carbons (Fsp3) is 0.600. The summed E-state index contributed by atoms with van der Waals surface area (Å²) in [6, 6.07) is 4.07. The molecule has 2 rings (SSSR count). The Bertz CT molecular complexity index is 450. The van der Waals surface area contributed by atoms with Crippen LogP contribution in [0.2, 0.25) is 5.02 Å². The van der Waals surface area contributed by atoms with E-state index in [4.69, 9.17) is 21.1 Å². The van der Waals surface area contributed by atoms with Gasteiger partial charge in [0.1, 0.15) is 5.75 Å². The molecule has 0 spiro atoms. The Labute approximate surface area is 134 Å². The lowest BCUT2D eigenvalue weighted by Crippen LogP contribution is -2.29. The fourth-order valence-corrected chi connectivity index (χ4v) is 3.67. The van der Waals surface area contributed by atoms with Gasteiger partial charge in [-0.05, 0) is 47.4 Å². The van der Waals surface area contributed by atoms with Crippen LogP contribution in [0.5, 0.6) is 5.75 Å². The van der Waals surface area contributed by atoms with Crippen LogP contribution in [-0.2, 0) is 4.74 Å². The minimum absolute atomic E-state index is 0.211. The van der Waals surface area contributed by atoms with Crippen molar-refractivity contribution < 1.29 is 9.47 Å². The predicted molar refractivity (Wildman–Crippen MR) is 85.7 cm³/mol. The molecule has 2 unspecified atom stereocenters. The molecule has 1 aliphatic heterocycles. The Morgan fingerprint density at radius 1 is 1.55 bits per heavy atom. The third kappa shape index (κ3) is 3.67. The lowest BCUT2D eigenvalue weighted by atomic mass is 9.91. The number of hydrogen-bond acceptors (Lipinski definition) is 3. The van der Waals surface area contributed by atoms with Crippen LogP contribution in [0.4, 0.5) is 0 Å². The second-order valence-corrected chi connectivity index (χ2v) is 6.36. The van der Waals surface area contributed by atoms with Gasteiger partial charge in [-0.2, -0.15) is 0 Å². The van der Waals surface area contributed by atoms with Crippen molar-refractivity contribution in [1.82, 2.24) is 5.32 Å². The first-order chi connectivity index (χ1) is 9.67. The van der Waals surface area contributed by atoms with E-state index in [0.717, 1.165) is 53.4 Å². The number of halogens is 2. The van der Waals surface area contributed by atoms with E-state index in [0.29, 0.717) is 5.92 Å². The molecule has 0 amide bonds. The number of hydrogen-bond donors (Lipinski definition) is 1. The lowest BCUT2D eigenvalue weighted by molar-refractivity contribution is 0.176. The number of ether oxygens (including phenoxy) is 2. The highest BCUT2D eigenvalue weighted by Crippen LogP contribution is 2.40. The molecule has 1 aromatic carbocycles. The highest BCUT2D eigenvalue weighted by Gasteiger charge is 2.29. The van der Waals surface area contributed by atoms with Crippen molar-refractivity contribution >= 4 is 27.5 Å². The van der Waals surface area contributed by atoms with Gasteiger partial charge in [0.05, 0.1) is 18.2 Å². The minimum atomic E-state index is 0.211. The first-order valence-corrected chi connectivity index (χ1v) is 8.18. The average molecular weight is 363 g/mol. The summed E-state index contributed by atoms with van der Waals surface area (Å²) in [6.07, 6.45) is 2.16. The van der Waals surface area contributed by atoms with Crippen molar-refractivity contribution in [2.24, 2.45) is 5.92 Å². The summed E-state index contributed by atoms with van der Waals surface area (Å²) in [4.78, 5) is 0. The zero-order chi connectivity index (χ0) is 14.5. The number of nitrogens with one attached hydrogen (secondary N) is 1. The molecule has 1 aromatic rings. The third-order valence-corrected chi connectivity index (χ3v) is 4.43. The highest BCUT2D eigenvalue weighted by atomic mass is 79.9. The fourth-order valence-electron chi connectivity index (χ4n) is 2.67. The maximum atomic E-state index is 6.22. The average Bonchev–Trinajstić information content (AvgIpc) is 2.92. The van der Waals surface area contributed by atoms with Crippen LogP contribution >= 0.6 is 27.5 Å². The summed E-state index contributed by atoms with van der Waals surface area (Å²) in [6.45, 7) is 4.75. The van der Waals surface area contributed by atoms with Gasteiger partial charge in [0, 0.05) is 29.2 Å².